The summed E-state index contributed by atoms with van der Waals surface area (Å²) in [6, 6.07) is 0. The van der Waals surface area contributed by atoms with Crippen molar-refractivity contribution < 1.29 is 0 Å². The van der Waals surface area contributed by atoms with E-state index in [-0.39, 0.29) is 5.41 Å². The van der Waals surface area contributed by atoms with E-state index in [4.69, 9.17) is 6.42 Å². The molecule has 7 heavy (non-hydrogen) atoms. The van der Waals surface area contributed by atoms with Crippen molar-refractivity contribution in [2.45, 2.75) is 27.2 Å². The molecule has 0 atom stereocenters. The summed E-state index contributed by atoms with van der Waals surface area (Å²) < 4.78 is 0. The summed E-state index contributed by atoms with van der Waals surface area (Å²) in [5.41, 5.74) is 0.111. The van der Waals surface area contributed by atoms with Gasteiger partial charge in [-0.25, -0.2) is 0 Å². The van der Waals surface area contributed by atoms with Crippen LogP contribution in [0.15, 0.2) is 0 Å². The molecule has 0 rings (SSSR count). The van der Waals surface area contributed by atoms with Crippen LogP contribution in [0.25, 0.3) is 0 Å². The van der Waals surface area contributed by atoms with Crippen LogP contribution in [0.2, 0.25) is 0 Å². The third-order valence-electron chi connectivity index (χ3n) is 1.27. The minimum atomic E-state index is 0.111. The molecule has 0 fully saturated rings. The Labute approximate surface area is 45.9 Å². The van der Waals surface area contributed by atoms with Crippen LogP contribution in [0.4, 0.5) is 0 Å². The Balaban J connectivity index is 3.66. The van der Waals surface area contributed by atoms with E-state index in [1.165, 1.54) is 0 Å². The fraction of sp³-hybridized carbons (Fsp3) is 0.714. The first-order valence-corrected chi connectivity index (χ1v) is 2.60. The summed E-state index contributed by atoms with van der Waals surface area (Å²) in [6.07, 6.45) is 6.23. The first kappa shape index (κ1) is 6.56. The highest BCUT2D eigenvalue weighted by molar-refractivity contribution is 4.99. The van der Waals surface area contributed by atoms with Gasteiger partial charge in [-0.05, 0) is 20.3 Å². The molecule has 40 valence electrons. The molecule has 0 unspecified atom stereocenters. The van der Waals surface area contributed by atoms with Crippen molar-refractivity contribution in [3.8, 4) is 12.3 Å². The largest absolute Gasteiger partial charge is 0.120 e. The van der Waals surface area contributed by atoms with Crippen molar-refractivity contribution in [2.24, 2.45) is 5.41 Å². The Morgan fingerprint density at radius 1 is 1.57 bits per heavy atom. The highest BCUT2D eigenvalue weighted by Crippen LogP contribution is 2.16. The van der Waals surface area contributed by atoms with Gasteiger partial charge in [0.15, 0.2) is 0 Å². The van der Waals surface area contributed by atoms with Crippen molar-refractivity contribution in [1.82, 2.24) is 0 Å². The lowest BCUT2D eigenvalue weighted by Gasteiger charge is -2.11. The van der Waals surface area contributed by atoms with Gasteiger partial charge in [-0.3, -0.25) is 0 Å². The second kappa shape index (κ2) is 2.02. The Hall–Kier alpha value is -0.440. The molecule has 0 heterocycles. The van der Waals surface area contributed by atoms with Crippen LogP contribution >= 0.6 is 0 Å². The molecule has 0 aliphatic carbocycles. The third kappa shape index (κ3) is 2.28. The van der Waals surface area contributed by atoms with Gasteiger partial charge in [0.1, 0.15) is 0 Å². The molecule has 0 nitrogen and oxygen atoms in total. The smallest absolute Gasteiger partial charge is 0.0253 e. The van der Waals surface area contributed by atoms with Gasteiger partial charge in [0.2, 0.25) is 0 Å². The van der Waals surface area contributed by atoms with Gasteiger partial charge in [-0.15, -0.1) is 12.3 Å². The Morgan fingerprint density at radius 2 is 2.00 bits per heavy atom. The number of terminal acetylenes is 1. The summed E-state index contributed by atoms with van der Waals surface area (Å²) in [4.78, 5) is 0. The molecule has 0 aromatic carbocycles. The molecule has 0 aliphatic heterocycles. The fourth-order valence-corrected chi connectivity index (χ4v) is 0.102. The van der Waals surface area contributed by atoms with E-state index in [0.29, 0.717) is 0 Å². The quantitative estimate of drug-likeness (QED) is 0.438. The van der Waals surface area contributed by atoms with Crippen LogP contribution in [-0.2, 0) is 0 Å². The van der Waals surface area contributed by atoms with Gasteiger partial charge in [0.25, 0.3) is 0 Å². The van der Waals surface area contributed by atoms with Crippen LogP contribution in [-0.4, -0.2) is 0 Å². The fourth-order valence-electron chi connectivity index (χ4n) is 0.102. The highest BCUT2D eigenvalue weighted by atomic mass is 14.1. The van der Waals surface area contributed by atoms with E-state index >= 15 is 0 Å². The first-order valence-electron chi connectivity index (χ1n) is 2.60. The van der Waals surface area contributed by atoms with Crippen molar-refractivity contribution >= 4 is 0 Å². The molecule has 0 saturated carbocycles. The zero-order valence-electron chi connectivity index (χ0n) is 5.28. The van der Waals surface area contributed by atoms with Crippen molar-refractivity contribution in [3.05, 3.63) is 0 Å². The van der Waals surface area contributed by atoms with Crippen LogP contribution in [0, 0.1) is 17.8 Å². The van der Waals surface area contributed by atoms with Crippen molar-refractivity contribution in [2.75, 3.05) is 0 Å². The molecular formula is C7H12. The average Bonchev–Trinajstić information content (AvgIpc) is 1.68. The zero-order valence-corrected chi connectivity index (χ0v) is 5.28. The van der Waals surface area contributed by atoms with Crippen LogP contribution in [0.1, 0.15) is 27.2 Å². The average molecular weight is 96.2 g/mol. The van der Waals surface area contributed by atoms with Crippen LogP contribution < -0.4 is 0 Å². The topological polar surface area (TPSA) is 0 Å². The molecule has 0 aromatic heterocycles. The number of hydrogen-bond acceptors (Lipinski definition) is 0. The third-order valence-corrected chi connectivity index (χ3v) is 1.27. The summed E-state index contributed by atoms with van der Waals surface area (Å²) in [7, 11) is 0. The summed E-state index contributed by atoms with van der Waals surface area (Å²) >= 11 is 0. The Bertz CT molecular complexity index is 82.7. The normalized spacial score (nSPS) is 10.6. The van der Waals surface area contributed by atoms with E-state index in [1.54, 1.807) is 0 Å². The molecule has 0 amide bonds. The maximum atomic E-state index is 5.17. The van der Waals surface area contributed by atoms with E-state index in [0.717, 1.165) is 6.42 Å². The lowest BCUT2D eigenvalue weighted by molar-refractivity contribution is 0.485. The lowest BCUT2D eigenvalue weighted by atomic mass is 9.92. The van der Waals surface area contributed by atoms with Crippen molar-refractivity contribution in [1.29, 1.82) is 0 Å². The van der Waals surface area contributed by atoms with Gasteiger partial charge in [0, 0.05) is 5.41 Å². The van der Waals surface area contributed by atoms with Gasteiger partial charge in [0.05, 0.1) is 0 Å². The minimum absolute atomic E-state index is 0.111. The molecule has 0 radical (unpaired) electrons. The van der Waals surface area contributed by atoms with Gasteiger partial charge in [-0.1, -0.05) is 6.92 Å². The first-order chi connectivity index (χ1) is 3.12. The second-order valence-electron chi connectivity index (χ2n) is 2.38. The Kier molecular flexibility index (Phi) is 1.90. The SMILES string of the molecule is C#CC(C)(C)CC. The Morgan fingerprint density at radius 3 is 2.00 bits per heavy atom. The van der Waals surface area contributed by atoms with Crippen LogP contribution in [0.5, 0.6) is 0 Å². The monoisotopic (exact) mass is 96.1 g/mol. The van der Waals surface area contributed by atoms with E-state index < -0.39 is 0 Å². The predicted octanol–water partition coefficient (Wildman–Crippen LogP) is 2.06. The van der Waals surface area contributed by atoms with Gasteiger partial charge in [-0.2, -0.15) is 0 Å². The minimum Gasteiger partial charge on any atom is -0.120 e. The maximum absolute atomic E-state index is 5.17. The summed E-state index contributed by atoms with van der Waals surface area (Å²) in [5.74, 6) is 2.69. The van der Waals surface area contributed by atoms with E-state index in [9.17, 15) is 0 Å². The van der Waals surface area contributed by atoms with E-state index in [1.807, 2.05) is 0 Å². The molecule has 0 aromatic rings. The van der Waals surface area contributed by atoms with Gasteiger partial charge >= 0.3 is 0 Å². The van der Waals surface area contributed by atoms with Crippen LogP contribution in [0.3, 0.4) is 0 Å². The molecule has 0 bridgehead atoms. The highest BCUT2D eigenvalue weighted by Gasteiger charge is 2.07. The molecule has 0 spiro atoms. The molecule has 0 N–H and O–H groups in total. The zero-order chi connectivity index (χ0) is 5.91. The number of hydrogen-bond donors (Lipinski definition) is 0. The van der Waals surface area contributed by atoms with Crippen molar-refractivity contribution in [3.63, 3.8) is 0 Å². The van der Waals surface area contributed by atoms with E-state index in [2.05, 4.69) is 26.7 Å². The number of rotatable bonds is 1. The molecule has 0 aliphatic rings. The second-order valence-corrected chi connectivity index (χ2v) is 2.38. The summed E-state index contributed by atoms with van der Waals surface area (Å²) in [6.45, 7) is 6.22. The van der Waals surface area contributed by atoms with Gasteiger partial charge < -0.3 is 0 Å². The lowest BCUT2D eigenvalue weighted by Crippen LogP contribution is -2.03. The molecule has 0 saturated heterocycles. The molecule has 0 heteroatoms. The maximum Gasteiger partial charge on any atom is 0.0253 e. The predicted molar refractivity (Wildman–Crippen MR) is 32.9 cm³/mol. The molecular weight excluding hydrogens is 84.1 g/mol. The summed E-state index contributed by atoms with van der Waals surface area (Å²) in [5, 5.41) is 0. The standard InChI is InChI=1S/C7H12/c1-5-7(3,4)6-2/h1H,6H2,2-4H3.